The molecule has 1 saturated heterocycles. The lowest BCUT2D eigenvalue weighted by Gasteiger charge is -2.27. The van der Waals surface area contributed by atoms with E-state index in [0.29, 0.717) is 18.9 Å². The summed E-state index contributed by atoms with van der Waals surface area (Å²) in [4.78, 5) is 26.8. The molecule has 2 bridgehead atoms. The van der Waals surface area contributed by atoms with Gasteiger partial charge in [0.15, 0.2) is 0 Å². The molecule has 2 aliphatic carbocycles. The molecule has 4 unspecified atom stereocenters. The molecular weight excluding hydrogens is 266 g/mol. The van der Waals surface area contributed by atoms with Crippen LogP contribution in [0.5, 0.6) is 0 Å². The SMILES string of the molecule is COC(=O)C12CC3C(=O)N(Cc4ccccc4)C(C1)C3C2. The minimum Gasteiger partial charge on any atom is -0.469 e. The molecule has 1 aromatic carbocycles. The molecule has 1 aliphatic heterocycles. The highest BCUT2D eigenvalue weighted by Crippen LogP contribution is 2.62. The molecule has 0 spiro atoms. The molecule has 4 atom stereocenters. The first kappa shape index (κ1) is 12.9. The maximum Gasteiger partial charge on any atom is 0.311 e. The molecular formula is C17H19NO3. The summed E-state index contributed by atoms with van der Waals surface area (Å²) < 4.78 is 5.00. The number of amides is 1. The highest BCUT2D eigenvalue weighted by atomic mass is 16.5. The standard InChI is InChI=1S/C17H19NO3/c1-21-16(20)17-7-12-13(8-17)15(19)18(14(12)9-17)10-11-5-3-2-4-6-11/h2-6,12-14H,7-10H2,1H3. The van der Waals surface area contributed by atoms with Gasteiger partial charge in [-0.2, -0.15) is 0 Å². The van der Waals surface area contributed by atoms with Gasteiger partial charge in [0.2, 0.25) is 5.91 Å². The number of rotatable bonds is 3. The van der Waals surface area contributed by atoms with Gasteiger partial charge in [-0.3, -0.25) is 9.59 Å². The van der Waals surface area contributed by atoms with Crippen LogP contribution in [0.15, 0.2) is 30.3 Å². The molecule has 4 nitrogen and oxygen atoms in total. The van der Waals surface area contributed by atoms with Crippen LogP contribution in [-0.2, 0) is 20.9 Å². The molecule has 110 valence electrons. The Morgan fingerprint density at radius 3 is 2.71 bits per heavy atom. The lowest BCUT2D eigenvalue weighted by Crippen LogP contribution is -2.35. The number of ether oxygens (including phenoxy) is 1. The second kappa shape index (κ2) is 4.33. The summed E-state index contributed by atoms with van der Waals surface area (Å²) >= 11 is 0. The normalized spacial score (nSPS) is 36.3. The number of nitrogens with zero attached hydrogens (tertiary/aromatic N) is 1. The molecule has 21 heavy (non-hydrogen) atoms. The highest BCUT2D eigenvalue weighted by Gasteiger charge is 2.67. The Morgan fingerprint density at radius 2 is 2.05 bits per heavy atom. The third kappa shape index (κ3) is 1.68. The number of likely N-dealkylation sites (tertiary alicyclic amines) is 1. The summed E-state index contributed by atoms with van der Waals surface area (Å²) in [5.41, 5.74) is 0.762. The predicted octanol–water partition coefficient (Wildman–Crippen LogP) is 1.99. The molecule has 4 rings (SSSR count). The van der Waals surface area contributed by atoms with E-state index in [1.54, 1.807) is 0 Å². The van der Waals surface area contributed by atoms with Crippen molar-refractivity contribution in [2.75, 3.05) is 7.11 Å². The second-order valence-electron chi connectivity index (χ2n) is 6.67. The van der Waals surface area contributed by atoms with Crippen LogP contribution in [0.2, 0.25) is 0 Å². The zero-order valence-electron chi connectivity index (χ0n) is 12.1. The first-order valence-electron chi connectivity index (χ1n) is 7.57. The molecule has 0 radical (unpaired) electrons. The fourth-order valence-electron chi connectivity index (χ4n) is 4.80. The van der Waals surface area contributed by atoms with E-state index in [-0.39, 0.29) is 23.8 Å². The second-order valence-corrected chi connectivity index (χ2v) is 6.67. The van der Waals surface area contributed by atoms with E-state index >= 15 is 0 Å². The van der Waals surface area contributed by atoms with Gasteiger partial charge < -0.3 is 9.64 Å². The van der Waals surface area contributed by atoms with Crippen LogP contribution in [0.1, 0.15) is 24.8 Å². The highest BCUT2D eigenvalue weighted by molar-refractivity contribution is 5.88. The third-order valence-electron chi connectivity index (χ3n) is 5.66. The van der Waals surface area contributed by atoms with Crippen molar-refractivity contribution in [2.24, 2.45) is 17.3 Å². The number of fused-ring (bicyclic) bond motifs is 1. The number of esters is 1. The van der Waals surface area contributed by atoms with Gasteiger partial charge in [-0.15, -0.1) is 0 Å². The van der Waals surface area contributed by atoms with E-state index in [1.165, 1.54) is 7.11 Å². The minimum atomic E-state index is -0.393. The molecule has 2 saturated carbocycles. The maximum absolute atomic E-state index is 12.7. The van der Waals surface area contributed by atoms with Crippen LogP contribution >= 0.6 is 0 Å². The minimum absolute atomic E-state index is 0.0339. The van der Waals surface area contributed by atoms with Crippen molar-refractivity contribution >= 4 is 11.9 Å². The number of carbonyl (C=O) groups is 2. The van der Waals surface area contributed by atoms with Crippen LogP contribution in [0.25, 0.3) is 0 Å². The van der Waals surface area contributed by atoms with Crippen LogP contribution in [0.4, 0.5) is 0 Å². The summed E-state index contributed by atoms with van der Waals surface area (Å²) in [7, 11) is 1.45. The number of hydrogen-bond acceptors (Lipinski definition) is 3. The average molecular weight is 285 g/mol. The summed E-state index contributed by atoms with van der Waals surface area (Å²) in [6.07, 6.45) is 2.29. The lowest BCUT2D eigenvalue weighted by molar-refractivity contribution is -0.152. The van der Waals surface area contributed by atoms with Crippen LogP contribution in [0.3, 0.4) is 0 Å². The molecule has 3 aliphatic rings. The van der Waals surface area contributed by atoms with E-state index < -0.39 is 5.41 Å². The van der Waals surface area contributed by atoms with Gasteiger partial charge in [-0.1, -0.05) is 30.3 Å². The van der Waals surface area contributed by atoms with E-state index in [1.807, 2.05) is 23.1 Å². The first-order valence-corrected chi connectivity index (χ1v) is 7.57. The Labute approximate surface area is 124 Å². The number of benzene rings is 1. The Kier molecular flexibility index (Phi) is 2.65. The van der Waals surface area contributed by atoms with Crippen LogP contribution in [0, 0.1) is 17.3 Å². The molecule has 1 aromatic rings. The van der Waals surface area contributed by atoms with Gasteiger partial charge in [0.05, 0.1) is 12.5 Å². The quantitative estimate of drug-likeness (QED) is 0.798. The van der Waals surface area contributed by atoms with Gasteiger partial charge in [0, 0.05) is 18.5 Å². The summed E-state index contributed by atoms with van der Waals surface area (Å²) in [6.45, 7) is 0.661. The van der Waals surface area contributed by atoms with Crippen LogP contribution < -0.4 is 0 Å². The third-order valence-corrected chi connectivity index (χ3v) is 5.66. The van der Waals surface area contributed by atoms with E-state index in [0.717, 1.165) is 18.4 Å². The lowest BCUT2D eigenvalue weighted by atomic mass is 9.80. The monoisotopic (exact) mass is 285 g/mol. The molecule has 1 heterocycles. The summed E-state index contributed by atoms with van der Waals surface area (Å²) in [5.74, 6) is 0.496. The Morgan fingerprint density at radius 1 is 1.29 bits per heavy atom. The Hall–Kier alpha value is -1.84. The van der Waals surface area contributed by atoms with Crippen molar-refractivity contribution in [3.8, 4) is 0 Å². The molecule has 1 amide bonds. The fourth-order valence-corrected chi connectivity index (χ4v) is 4.80. The molecule has 0 N–H and O–H groups in total. The van der Waals surface area contributed by atoms with E-state index in [9.17, 15) is 9.59 Å². The van der Waals surface area contributed by atoms with Crippen molar-refractivity contribution in [3.63, 3.8) is 0 Å². The van der Waals surface area contributed by atoms with Crippen molar-refractivity contribution < 1.29 is 14.3 Å². The van der Waals surface area contributed by atoms with Gasteiger partial charge in [-0.05, 0) is 30.7 Å². The zero-order chi connectivity index (χ0) is 14.6. The topological polar surface area (TPSA) is 46.6 Å². The van der Waals surface area contributed by atoms with Gasteiger partial charge >= 0.3 is 5.97 Å². The van der Waals surface area contributed by atoms with Gasteiger partial charge in [0.1, 0.15) is 0 Å². The fraction of sp³-hybridized carbons (Fsp3) is 0.529. The van der Waals surface area contributed by atoms with E-state index in [2.05, 4.69) is 12.1 Å². The summed E-state index contributed by atoms with van der Waals surface area (Å²) in [6, 6.07) is 10.3. The molecule has 0 aromatic heterocycles. The zero-order valence-corrected chi connectivity index (χ0v) is 12.1. The number of hydrogen-bond donors (Lipinski definition) is 0. The smallest absolute Gasteiger partial charge is 0.311 e. The van der Waals surface area contributed by atoms with Crippen molar-refractivity contribution in [2.45, 2.75) is 31.8 Å². The number of carbonyl (C=O) groups excluding carboxylic acids is 2. The van der Waals surface area contributed by atoms with Crippen molar-refractivity contribution in [1.29, 1.82) is 0 Å². The Balaban J connectivity index is 1.61. The average Bonchev–Trinajstić information content (AvgIpc) is 3.12. The predicted molar refractivity (Wildman–Crippen MR) is 76.1 cm³/mol. The van der Waals surface area contributed by atoms with Crippen molar-refractivity contribution in [3.05, 3.63) is 35.9 Å². The largest absolute Gasteiger partial charge is 0.469 e. The number of methoxy groups -OCH3 is 1. The van der Waals surface area contributed by atoms with Gasteiger partial charge in [-0.25, -0.2) is 0 Å². The molecule has 4 heteroatoms. The Bertz CT molecular complexity index is 599. The molecule has 3 fully saturated rings. The first-order chi connectivity index (χ1) is 10.1. The van der Waals surface area contributed by atoms with Gasteiger partial charge in [0.25, 0.3) is 0 Å². The van der Waals surface area contributed by atoms with Crippen LogP contribution in [-0.4, -0.2) is 29.9 Å². The summed E-state index contributed by atoms with van der Waals surface area (Å²) in [5, 5.41) is 0. The van der Waals surface area contributed by atoms with E-state index in [4.69, 9.17) is 4.74 Å². The van der Waals surface area contributed by atoms with Crippen molar-refractivity contribution in [1.82, 2.24) is 4.90 Å². The maximum atomic E-state index is 12.7.